The van der Waals surface area contributed by atoms with Crippen LogP contribution in [0, 0.1) is 0 Å². The first-order valence-corrected chi connectivity index (χ1v) is 10.6. The van der Waals surface area contributed by atoms with Gasteiger partial charge in [0.1, 0.15) is 0 Å². The Kier molecular flexibility index (Phi) is 5.08. The fraction of sp³-hybridized carbons (Fsp3) is 0.375. The average Bonchev–Trinajstić information content (AvgIpc) is 3.12. The van der Waals surface area contributed by atoms with Gasteiger partial charge in [-0.25, -0.2) is 0 Å². The number of aromatic nitrogens is 1. The van der Waals surface area contributed by atoms with Gasteiger partial charge in [0.2, 0.25) is 0 Å². The first kappa shape index (κ1) is 18.4. The molecular formula is C24H26N3O2-. The third-order valence-corrected chi connectivity index (χ3v) is 6.04. The van der Waals surface area contributed by atoms with Crippen LogP contribution in [0.4, 0.5) is 5.69 Å². The predicted molar refractivity (Wildman–Crippen MR) is 114 cm³/mol. The zero-order valence-corrected chi connectivity index (χ0v) is 16.6. The Morgan fingerprint density at radius 2 is 1.86 bits per heavy atom. The maximum Gasteiger partial charge on any atom is 0.0739 e. The smallest absolute Gasteiger partial charge is 0.0739 e. The summed E-state index contributed by atoms with van der Waals surface area (Å²) in [4.78, 5) is 6.88. The summed E-state index contributed by atoms with van der Waals surface area (Å²) in [6.07, 6.45) is 3.19. The van der Waals surface area contributed by atoms with Crippen LogP contribution < -0.4 is 10.4 Å². The van der Waals surface area contributed by atoms with Crippen LogP contribution >= 0.6 is 0 Å². The Labute approximate surface area is 171 Å². The number of hydrogen-bond acceptors (Lipinski definition) is 5. The van der Waals surface area contributed by atoms with Gasteiger partial charge >= 0.3 is 0 Å². The first-order chi connectivity index (χ1) is 14.3. The third kappa shape index (κ3) is 3.68. The Balaban J connectivity index is 1.23. The van der Waals surface area contributed by atoms with Gasteiger partial charge in [-0.3, -0.25) is 9.88 Å². The van der Waals surface area contributed by atoms with Crippen molar-refractivity contribution in [2.45, 2.75) is 19.3 Å². The second-order valence-electron chi connectivity index (χ2n) is 7.93. The molecule has 1 N–H and O–H groups in total. The fourth-order valence-electron chi connectivity index (χ4n) is 4.48. The number of hydrogen-bond donors (Lipinski definition) is 1. The topological polar surface area (TPSA) is 60.5 Å². The van der Waals surface area contributed by atoms with Crippen molar-refractivity contribution < 1.29 is 9.84 Å². The second-order valence-corrected chi connectivity index (χ2v) is 7.93. The summed E-state index contributed by atoms with van der Waals surface area (Å²) >= 11 is 0. The highest BCUT2D eigenvalue weighted by molar-refractivity contribution is 5.96. The summed E-state index contributed by atoms with van der Waals surface area (Å²) in [6.45, 7) is 5.99. The van der Waals surface area contributed by atoms with E-state index in [1.807, 2.05) is 24.3 Å². The van der Waals surface area contributed by atoms with Crippen molar-refractivity contribution in [1.29, 1.82) is 0 Å². The van der Waals surface area contributed by atoms with E-state index in [0.717, 1.165) is 80.0 Å². The van der Waals surface area contributed by atoms with Crippen molar-refractivity contribution in [2.75, 3.05) is 44.7 Å². The molecule has 2 aromatic carbocycles. The zero-order chi connectivity index (χ0) is 19.6. The highest BCUT2D eigenvalue weighted by atomic mass is 16.5. The van der Waals surface area contributed by atoms with Crippen molar-refractivity contribution in [3.8, 4) is 17.1 Å². The molecule has 5 heteroatoms. The molecule has 0 spiro atoms. The molecule has 2 heterocycles. The number of nitrogens with zero attached hydrogens (tertiary/aromatic N) is 2. The van der Waals surface area contributed by atoms with Crippen LogP contribution in [0.3, 0.4) is 0 Å². The SMILES string of the molecule is [O-]c1nc2c(c3ccccc13)Cc1cc(NCCCCN3CCOCC3)ccc1-2. The number of unbranched alkanes of at least 4 members (excludes halogenated alkanes) is 1. The molecule has 2 aliphatic rings. The molecule has 1 aromatic heterocycles. The molecular weight excluding hydrogens is 362 g/mol. The number of morpholine rings is 1. The van der Waals surface area contributed by atoms with Gasteiger partial charge in [-0.15, -0.1) is 0 Å². The number of ether oxygens (including phenoxy) is 1. The van der Waals surface area contributed by atoms with Gasteiger partial charge in [0.15, 0.2) is 0 Å². The highest BCUT2D eigenvalue weighted by Gasteiger charge is 2.22. The lowest BCUT2D eigenvalue weighted by Crippen LogP contribution is -2.36. The van der Waals surface area contributed by atoms with Crippen molar-refractivity contribution in [1.82, 2.24) is 9.88 Å². The van der Waals surface area contributed by atoms with E-state index in [9.17, 15) is 5.11 Å². The molecule has 1 fully saturated rings. The van der Waals surface area contributed by atoms with Gasteiger partial charge in [-0.1, -0.05) is 30.3 Å². The van der Waals surface area contributed by atoms with Crippen LogP contribution in [0.5, 0.6) is 5.88 Å². The molecule has 0 atom stereocenters. The van der Waals surface area contributed by atoms with Gasteiger partial charge in [-0.05, 0) is 59.3 Å². The Hall–Kier alpha value is -2.63. The summed E-state index contributed by atoms with van der Waals surface area (Å²) in [5.41, 5.74) is 5.54. The van der Waals surface area contributed by atoms with Gasteiger partial charge in [-0.2, -0.15) is 0 Å². The molecule has 1 aliphatic carbocycles. The number of nitrogens with one attached hydrogen (secondary N) is 1. The number of benzene rings is 2. The zero-order valence-electron chi connectivity index (χ0n) is 16.6. The molecule has 0 radical (unpaired) electrons. The Morgan fingerprint density at radius 3 is 2.72 bits per heavy atom. The molecule has 29 heavy (non-hydrogen) atoms. The quantitative estimate of drug-likeness (QED) is 0.513. The van der Waals surface area contributed by atoms with Gasteiger partial charge in [0.25, 0.3) is 0 Å². The van der Waals surface area contributed by atoms with Gasteiger partial charge < -0.3 is 15.2 Å². The normalized spacial score (nSPS) is 16.0. The standard InChI is InChI=1S/C24H27N3O2/c28-24-21-6-2-1-5-20(21)22-16-17-15-18(7-8-19(17)23(22)26-24)25-9-3-4-10-27-11-13-29-14-12-27/h1-2,5-8,15,25H,3-4,9-14,16H2,(H,26,28)/p-1. The molecule has 5 rings (SSSR count). The van der Waals surface area contributed by atoms with Crippen molar-refractivity contribution >= 4 is 16.5 Å². The summed E-state index contributed by atoms with van der Waals surface area (Å²) in [5.74, 6) is -0.130. The molecule has 0 bridgehead atoms. The van der Waals surface area contributed by atoms with Gasteiger partial charge in [0.05, 0.1) is 18.9 Å². The first-order valence-electron chi connectivity index (χ1n) is 10.6. The maximum atomic E-state index is 12.4. The summed E-state index contributed by atoms with van der Waals surface area (Å²) in [5, 5.41) is 17.7. The van der Waals surface area contributed by atoms with Gasteiger partial charge in [0, 0.05) is 37.3 Å². The van der Waals surface area contributed by atoms with Crippen molar-refractivity contribution in [3.05, 3.63) is 53.6 Å². The monoisotopic (exact) mass is 388 g/mol. The lowest BCUT2D eigenvalue weighted by Gasteiger charge is -2.26. The maximum absolute atomic E-state index is 12.4. The van der Waals surface area contributed by atoms with E-state index in [2.05, 4.69) is 33.4 Å². The van der Waals surface area contributed by atoms with Crippen LogP contribution in [0.25, 0.3) is 22.0 Å². The van der Waals surface area contributed by atoms with E-state index >= 15 is 0 Å². The number of anilines is 1. The van der Waals surface area contributed by atoms with Crippen LogP contribution in [0.2, 0.25) is 0 Å². The lowest BCUT2D eigenvalue weighted by molar-refractivity contribution is -0.272. The number of rotatable bonds is 6. The summed E-state index contributed by atoms with van der Waals surface area (Å²) in [7, 11) is 0. The fourth-order valence-corrected chi connectivity index (χ4v) is 4.48. The third-order valence-electron chi connectivity index (χ3n) is 6.04. The van der Waals surface area contributed by atoms with Crippen molar-refractivity contribution in [3.63, 3.8) is 0 Å². The molecule has 0 saturated carbocycles. The Bertz CT molecular complexity index is 1030. The lowest BCUT2D eigenvalue weighted by atomic mass is 10.0. The molecule has 5 nitrogen and oxygen atoms in total. The van der Waals surface area contributed by atoms with Crippen LogP contribution in [0.1, 0.15) is 24.0 Å². The molecule has 1 aliphatic heterocycles. The van der Waals surface area contributed by atoms with E-state index in [-0.39, 0.29) is 5.88 Å². The van der Waals surface area contributed by atoms with Crippen molar-refractivity contribution in [2.24, 2.45) is 0 Å². The molecule has 1 saturated heterocycles. The minimum Gasteiger partial charge on any atom is -0.858 e. The van der Waals surface area contributed by atoms with E-state index < -0.39 is 0 Å². The second kappa shape index (κ2) is 8.01. The van der Waals surface area contributed by atoms with Crippen LogP contribution in [0.15, 0.2) is 42.5 Å². The molecule has 3 aromatic rings. The van der Waals surface area contributed by atoms with E-state index in [0.29, 0.717) is 0 Å². The molecule has 0 amide bonds. The molecule has 150 valence electrons. The summed E-state index contributed by atoms with van der Waals surface area (Å²) < 4.78 is 5.40. The minimum absolute atomic E-state index is 0.130. The Morgan fingerprint density at radius 1 is 1.03 bits per heavy atom. The number of fused-ring (bicyclic) bond motifs is 5. The van der Waals surface area contributed by atoms with Crippen LogP contribution in [-0.2, 0) is 11.2 Å². The average molecular weight is 388 g/mol. The highest BCUT2D eigenvalue weighted by Crippen LogP contribution is 2.41. The number of pyridine rings is 1. The van der Waals surface area contributed by atoms with Crippen LogP contribution in [-0.4, -0.2) is 49.3 Å². The largest absolute Gasteiger partial charge is 0.858 e. The van der Waals surface area contributed by atoms with E-state index in [1.54, 1.807) is 0 Å². The minimum atomic E-state index is -0.130. The predicted octanol–water partition coefficient (Wildman–Crippen LogP) is 3.40. The summed E-state index contributed by atoms with van der Waals surface area (Å²) in [6, 6.07) is 14.2. The van der Waals surface area contributed by atoms with E-state index in [1.165, 1.54) is 17.5 Å². The molecule has 0 unspecified atom stereocenters. The van der Waals surface area contributed by atoms with E-state index in [4.69, 9.17) is 4.74 Å².